The van der Waals surface area contributed by atoms with Crippen LogP contribution in [-0.4, -0.2) is 35.1 Å². The number of carbonyl (C=O) groups is 3. The van der Waals surface area contributed by atoms with Crippen LogP contribution >= 0.6 is 23.8 Å². The SMILES string of the molecule is COc1cc(C=C2C(=O)NC(=S)N(c3cccc(C(=O)O)c3)C2=O)cc(Cl)c1OCc1cccc(F)c1. The first-order chi connectivity index (χ1) is 17.7. The highest BCUT2D eigenvalue weighted by atomic mass is 35.5. The van der Waals surface area contributed by atoms with Crippen LogP contribution < -0.4 is 19.7 Å². The van der Waals surface area contributed by atoms with Crippen molar-refractivity contribution < 1.29 is 33.4 Å². The predicted molar refractivity (Wildman–Crippen MR) is 138 cm³/mol. The number of amides is 2. The van der Waals surface area contributed by atoms with Gasteiger partial charge < -0.3 is 14.6 Å². The first-order valence-corrected chi connectivity index (χ1v) is 11.5. The molecule has 2 N–H and O–H groups in total. The number of carbonyl (C=O) groups excluding carboxylic acids is 2. The fourth-order valence-corrected chi connectivity index (χ4v) is 4.14. The van der Waals surface area contributed by atoms with Crippen LogP contribution in [0.1, 0.15) is 21.5 Å². The summed E-state index contributed by atoms with van der Waals surface area (Å²) in [6.45, 7) is 0.0248. The molecule has 0 atom stereocenters. The van der Waals surface area contributed by atoms with Gasteiger partial charge in [0.05, 0.1) is 23.4 Å². The monoisotopic (exact) mass is 540 g/mol. The molecule has 188 valence electrons. The molecule has 3 aromatic carbocycles. The van der Waals surface area contributed by atoms with Gasteiger partial charge in [-0.1, -0.05) is 29.8 Å². The summed E-state index contributed by atoms with van der Waals surface area (Å²) in [5.41, 5.74) is 0.793. The van der Waals surface area contributed by atoms with Crippen molar-refractivity contribution in [2.75, 3.05) is 12.0 Å². The van der Waals surface area contributed by atoms with Crippen LogP contribution in [0, 0.1) is 5.82 Å². The number of aromatic carboxylic acids is 1. The first kappa shape index (κ1) is 25.8. The lowest BCUT2D eigenvalue weighted by Crippen LogP contribution is -2.54. The molecule has 0 aliphatic carbocycles. The molecule has 11 heteroatoms. The number of carboxylic acids is 1. The van der Waals surface area contributed by atoms with Crippen LogP contribution in [0.2, 0.25) is 5.02 Å². The van der Waals surface area contributed by atoms with E-state index in [9.17, 15) is 23.9 Å². The summed E-state index contributed by atoms with van der Waals surface area (Å²) in [7, 11) is 1.39. The molecule has 1 heterocycles. The lowest BCUT2D eigenvalue weighted by atomic mass is 10.1. The van der Waals surface area contributed by atoms with Crippen LogP contribution in [-0.2, 0) is 16.2 Å². The molecule has 1 aliphatic heterocycles. The Labute approximate surface area is 220 Å². The maximum atomic E-state index is 13.5. The second kappa shape index (κ2) is 10.8. The van der Waals surface area contributed by atoms with Gasteiger partial charge in [-0.3, -0.25) is 19.8 Å². The molecule has 1 fully saturated rings. The lowest BCUT2D eigenvalue weighted by molar-refractivity contribution is -0.122. The number of thiocarbonyl (C=S) groups is 1. The summed E-state index contributed by atoms with van der Waals surface area (Å²) < 4.78 is 24.6. The maximum absolute atomic E-state index is 13.5. The topological polar surface area (TPSA) is 105 Å². The zero-order valence-electron chi connectivity index (χ0n) is 19.2. The molecular weight excluding hydrogens is 523 g/mol. The van der Waals surface area contributed by atoms with Crippen molar-refractivity contribution in [1.82, 2.24) is 5.32 Å². The van der Waals surface area contributed by atoms with E-state index in [1.807, 2.05) is 0 Å². The minimum atomic E-state index is -1.18. The van der Waals surface area contributed by atoms with Crippen molar-refractivity contribution in [2.24, 2.45) is 0 Å². The standard InChI is InChI=1S/C26H18ClFN2O6S/c1-35-21-11-15(10-20(27)22(21)36-13-14-4-2-6-17(28)8-14)9-19-23(31)29-26(37)30(24(19)32)18-7-3-5-16(12-18)25(33)34/h2-12H,13H2,1H3,(H,33,34)(H,29,31,37). The van der Waals surface area contributed by atoms with Gasteiger partial charge in [0, 0.05) is 0 Å². The highest BCUT2D eigenvalue weighted by Crippen LogP contribution is 2.38. The molecule has 0 spiro atoms. The number of carboxylic acid groups (broad SMARTS) is 1. The molecule has 0 saturated carbocycles. The number of nitrogens with zero attached hydrogens (tertiary/aromatic N) is 1. The van der Waals surface area contributed by atoms with Crippen LogP contribution in [0.15, 0.2) is 66.2 Å². The summed E-state index contributed by atoms with van der Waals surface area (Å²) in [6.07, 6.45) is 1.30. The molecule has 0 aromatic heterocycles. The number of rotatable bonds is 7. The Morgan fingerprint density at radius 1 is 1.16 bits per heavy atom. The quantitative estimate of drug-likeness (QED) is 0.256. The van der Waals surface area contributed by atoms with Crippen molar-refractivity contribution in [3.05, 3.63) is 93.8 Å². The highest BCUT2D eigenvalue weighted by molar-refractivity contribution is 7.80. The van der Waals surface area contributed by atoms with Crippen molar-refractivity contribution in [3.8, 4) is 11.5 Å². The number of ether oxygens (including phenoxy) is 2. The molecule has 3 aromatic rings. The zero-order chi connectivity index (χ0) is 26.7. The average Bonchev–Trinajstić information content (AvgIpc) is 2.85. The van der Waals surface area contributed by atoms with Gasteiger partial charge in [-0.25, -0.2) is 9.18 Å². The van der Waals surface area contributed by atoms with E-state index in [2.05, 4.69) is 5.32 Å². The molecule has 0 radical (unpaired) electrons. The van der Waals surface area contributed by atoms with Crippen molar-refractivity contribution in [3.63, 3.8) is 0 Å². The van der Waals surface area contributed by atoms with E-state index in [1.54, 1.807) is 12.1 Å². The van der Waals surface area contributed by atoms with Crippen LogP contribution in [0.3, 0.4) is 0 Å². The first-order valence-electron chi connectivity index (χ1n) is 10.7. The average molecular weight is 541 g/mol. The fraction of sp³-hybridized carbons (Fsp3) is 0.0769. The van der Waals surface area contributed by atoms with Crippen LogP contribution in [0.5, 0.6) is 11.5 Å². The largest absolute Gasteiger partial charge is 0.493 e. The summed E-state index contributed by atoms with van der Waals surface area (Å²) in [5.74, 6) is -2.65. The lowest BCUT2D eigenvalue weighted by Gasteiger charge is -2.29. The minimum Gasteiger partial charge on any atom is -0.493 e. The maximum Gasteiger partial charge on any atom is 0.335 e. The Hall–Kier alpha value is -4.28. The second-order valence-corrected chi connectivity index (χ2v) is 8.56. The van der Waals surface area contributed by atoms with Gasteiger partial charge in [0.1, 0.15) is 18.0 Å². The number of benzene rings is 3. The number of halogens is 2. The Kier molecular flexibility index (Phi) is 7.51. The van der Waals surface area contributed by atoms with E-state index >= 15 is 0 Å². The molecule has 4 rings (SSSR count). The van der Waals surface area contributed by atoms with Gasteiger partial charge in [-0.15, -0.1) is 0 Å². The summed E-state index contributed by atoms with van der Waals surface area (Å²) in [5, 5.41) is 11.7. The van der Waals surface area contributed by atoms with E-state index in [0.717, 1.165) is 4.90 Å². The third-order valence-corrected chi connectivity index (χ3v) is 5.85. The van der Waals surface area contributed by atoms with Crippen molar-refractivity contribution >= 4 is 58.5 Å². The van der Waals surface area contributed by atoms with E-state index < -0.39 is 23.6 Å². The molecule has 0 unspecified atom stereocenters. The summed E-state index contributed by atoms with van der Waals surface area (Å²) in [4.78, 5) is 38.3. The van der Waals surface area contributed by atoms with Gasteiger partial charge in [0.2, 0.25) is 0 Å². The number of hydrogen-bond acceptors (Lipinski definition) is 6. The zero-order valence-corrected chi connectivity index (χ0v) is 20.7. The number of hydrogen-bond donors (Lipinski definition) is 2. The number of methoxy groups -OCH3 is 1. The second-order valence-electron chi connectivity index (χ2n) is 7.77. The molecule has 1 aliphatic rings. The van der Waals surface area contributed by atoms with Gasteiger partial charge in [0.25, 0.3) is 11.8 Å². The summed E-state index contributed by atoms with van der Waals surface area (Å²) in [6, 6.07) is 14.5. The van der Waals surface area contributed by atoms with E-state index in [0.29, 0.717) is 11.1 Å². The molecule has 0 bridgehead atoms. The Bertz CT molecular complexity index is 1480. The van der Waals surface area contributed by atoms with Crippen LogP contribution in [0.4, 0.5) is 10.1 Å². The molecule has 8 nitrogen and oxygen atoms in total. The molecular formula is C26H18ClFN2O6S. The number of anilines is 1. The number of nitrogens with one attached hydrogen (secondary N) is 1. The van der Waals surface area contributed by atoms with Gasteiger partial charge in [-0.2, -0.15) is 0 Å². The van der Waals surface area contributed by atoms with E-state index in [1.165, 1.54) is 61.7 Å². The van der Waals surface area contributed by atoms with Crippen LogP contribution in [0.25, 0.3) is 6.08 Å². The Morgan fingerprint density at radius 2 is 1.92 bits per heavy atom. The molecule has 1 saturated heterocycles. The normalized spacial score (nSPS) is 14.5. The Balaban J connectivity index is 1.65. The molecule has 37 heavy (non-hydrogen) atoms. The minimum absolute atomic E-state index is 0.0248. The van der Waals surface area contributed by atoms with Gasteiger partial charge in [0.15, 0.2) is 16.6 Å². The fourth-order valence-electron chi connectivity index (χ4n) is 3.58. The highest BCUT2D eigenvalue weighted by Gasteiger charge is 2.35. The summed E-state index contributed by atoms with van der Waals surface area (Å²) >= 11 is 11.6. The molecule has 2 amide bonds. The van der Waals surface area contributed by atoms with Crippen molar-refractivity contribution in [1.29, 1.82) is 0 Å². The Morgan fingerprint density at radius 3 is 2.62 bits per heavy atom. The third-order valence-electron chi connectivity index (χ3n) is 5.29. The van der Waals surface area contributed by atoms with Gasteiger partial charge >= 0.3 is 5.97 Å². The van der Waals surface area contributed by atoms with E-state index in [-0.39, 0.29) is 45.1 Å². The van der Waals surface area contributed by atoms with Crippen molar-refractivity contribution in [2.45, 2.75) is 6.61 Å². The third kappa shape index (κ3) is 5.60. The van der Waals surface area contributed by atoms with Gasteiger partial charge in [-0.05, 0) is 71.9 Å². The predicted octanol–water partition coefficient (Wildman–Crippen LogP) is 4.60. The van der Waals surface area contributed by atoms with E-state index in [4.69, 9.17) is 33.3 Å². The smallest absolute Gasteiger partial charge is 0.335 e.